The molecule has 0 heterocycles. The van der Waals surface area contributed by atoms with E-state index in [1.54, 1.807) is 24.3 Å². The predicted molar refractivity (Wildman–Crippen MR) is 75.2 cm³/mol. The Labute approximate surface area is 125 Å². The van der Waals surface area contributed by atoms with Crippen LogP contribution in [0.1, 0.15) is 15.9 Å². The Morgan fingerprint density at radius 2 is 1.91 bits per heavy atom. The fraction of sp³-hybridized carbons (Fsp3) is 0.133. The number of non-ortho nitro benzene ring substituents is 1. The molecule has 0 N–H and O–H groups in total. The minimum atomic E-state index is -0.805. The van der Waals surface area contributed by atoms with E-state index < -0.39 is 16.7 Å². The summed E-state index contributed by atoms with van der Waals surface area (Å²) < 4.78 is 23.5. The van der Waals surface area contributed by atoms with Crippen LogP contribution in [-0.4, -0.2) is 18.0 Å². The van der Waals surface area contributed by atoms with E-state index in [1.165, 1.54) is 19.2 Å². The maximum Gasteiger partial charge on any atom is 0.337 e. The minimum absolute atomic E-state index is 0.0657. The van der Waals surface area contributed by atoms with Crippen molar-refractivity contribution in [1.29, 1.82) is 0 Å². The van der Waals surface area contributed by atoms with Crippen molar-refractivity contribution in [2.75, 3.05) is 7.11 Å². The van der Waals surface area contributed by atoms with Crippen LogP contribution in [0.4, 0.5) is 10.1 Å². The molecule has 0 saturated carbocycles. The first-order valence-corrected chi connectivity index (χ1v) is 6.25. The second kappa shape index (κ2) is 6.66. The monoisotopic (exact) mass is 305 g/mol. The van der Waals surface area contributed by atoms with E-state index in [2.05, 4.69) is 4.74 Å². The number of rotatable bonds is 5. The lowest BCUT2D eigenvalue weighted by Crippen LogP contribution is -2.02. The first-order chi connectivity index (χ1) is 10.5. The Morgan fingerprint density at radius 3 is 2.45 bits per heavy atom. The smallest absolute Gasteiger partial charge is 0.337 e. The number of carbonyl (C=O) groups is 1. The van der Waals surface area contributed by atoms with Crippen molar-refractivity contribution in [3.05, 3.63) is 69.5 Å². The summed E-state index contributed by atoms with van der Waals surface area (Å²) in [6.07, 6.45) is 0. The lowest BCUT2D eigenvalue weighted by atomic mass is 10.1. The van der Waals surface area contributed by atoms with Gasteiger partial charge in [-0.2, -0.15) is 0 Å². The summed E-state index contributed by atoms with van der Waals surface area (Å²) in [6.45, 7) is 0.0657. The van der Waals surface area contributed by atoms with Crippen molar-refractivity contribution in [3.8, 4) is 5.75 Å². The fourth-order valence-corrected chi connectivity index (χ4v) is 1.74. The zero-order valence-corrected chi connectivity index (χ0v) is 11.6. The average Bonchev–Trinajstić information content (AvgIpc) is 2.53. The quantitative estimate of drug-likeness (QED) is 0.482. The second-order valence-corrected chi connectivity index (χ2v) is 4.35. The molecule has 2 rings (SSSR count). The van der Waals surface area contributed by atoms with Gasteiger partial charge < -0.3 is 9.47 Å². The van der Waals surface area contributed by atoms with Gasteiger partial charge in [0.15, 0.2) is 11.6 Å². The summed E-state index contributed by atoms with van der Waals surface area (Å²) in [7, 11) is 1.29. The number of nitro groups is 1. The van der Waals surface area contributed by atoms with Gasteiger partial charge in [0.1, 0.15) is 6.61 Å². The predicted octanol–water partition coefficient (Wildman–Crippen LogP) is 3.10. The summed E-state index contributed by atoms with van der Waals surface area (Å²) in [5.41, 5.74) is 0.769. The molecule has 2 aromatic carbocycles. The molecular weight excluding hydrogens is 293 g/mol. The largest absolute Gasteiger partial charge is 0.486 e. The summed E-state index contributed by atoms with van der Waals surface area (Å²) >= 11 is 0. The van der Waals surface area contributed by atoms with Crippen LogP contribution in [0.3, 0.4) is 0 Å². The average molecular weight is 305 g/mol. The molecule has 22 heavy (non-hydrogen) atoms. The summed E-state index contributed by atoms with van der Waals surface area (Å²) in [6, 6.07) is 9.60. The molecular formula is C15H12FNO5. The number of ether oxygens (including phenoxy) is 2. The van der Waals surface area contributed by atoms with Gasteiger partial charge in [-0.25, -0.2) is 9.18 Å². The topological polar surface area (TPSA) is 78.7 Å². The third kappa shape index (κ3) is 3.57. The van der Waals surface area contributed by atoms with Gasteiger partial charge >= 0.3 is 5.97 Å². The van der Waals surface area contributed by atoms with Crippen LogP contribution in [0.15, 0.2) is 42.5 Å². The number of nitro benzene ring substituents is 1. The summed E-state index contributed by atoms with van der Waals surface area (Å²) in [5.74, 6) is -1.34. The van der Waals surface area contributed by atoms with Gasteiger partial charge in [-0.15, -0.1) is 0 Å². The zero-order valence-electron chi connectivity index (χ0n) is 11.6. The third-order valence-electron chi connectivity index (χ3n) is 2.90. The minimum Gasteiger partial charge on any atom is -0.486 e. The van der Waals surface area contributed by atoms with E-state index in [9.17, 15) is 19.3 Å². The van der Waals surface area contributed by atoms with Crippen molar-refractivity contribution in [1.82, 2.24) is 0 Å². The molecule has 6 nitrogen and oxygen atoms in total. The zero-order chi connectivity index (χ0) is 16.1. The maximum absolute atomic E-state index is 13.6. The molecule has 0 spiro atoms. The standard InChI is InChI=1S/C15H12FNO5/c1-21-15(18)11-4-2-10(3-5-11)9-22-14-7-6-12(17(19)20)8-13(14)16/h2-8H,9H2,1H3. The van der Waals surface area contributed by atoms with Gasteiger partial charge in [0.2, 0.25) is 0 Å². The van der Waals surface area contributed by atoms with E-state index in [-0.39, 0.29) is 18.0 Å². The van der Waals surface area contributed by atoms with Crippen LogP contribution in [0.25, 0.3) is 0 Å². The van der Waals surface area contributed by atoms with E-state index in [1.807, 2.05) is 0 Å². The number of carbonyl (C=O) groups excluding carboxylic acids is 1. The van der Waals surface area contributed by atoms with E-state index in [4.69, 9.17) is 4.74 Å². The number of hydrogen-bond donors (Lipinski definition) is 0. The summed E-state index contributed by atoms with van der Waals surface area (Å²) in [4.78, 5) is 21.1. The Morgan fingerprint density at radius 1 is 1.23 bits per heavy atom. The molecule has 0 aliphatic heterocycles. The van der Waals surface area contributed by atoms with E-state index >= 15 is 0 Å². The first kappa shape index (κ1) is 15.4. The summed E-state index contributed by atoms with van der Waals surface area (Å²) in [5, 5.41) is 10.5. The highest BCUT2D eigenvalue weighted by atomic mass is 19.1. The molecule has 7 heteroatoms. The van der Waals surface area contributed by atoms with Gasteiger partial charge in [0.25, 0.3) is 5.69 Å². The van der Waals surface area contributed by atoms with Crippen LogP contribution in [0.5, 0.6) is 5.75 Å². The molecule has 0 bridgehead atoms. The Kier molecular flexibility index (Phi) is 4.67. The van der Waals surface area contributed by atoms with E-state index in [0.717, 1.165) is 6.07 Å². The SMILES string of the molecule is COC(=O)c1ccc(COc2ccc([N+](=O)[O-])cc2F)cc1. The number of esters is 1. The molecule has 0 amide bonds. The van der Waals surface area contributed by atoms with Crippen molar-refractivity contribution >= 4 is 11.7 Å². The first-order valence-electron chi connectivity index (χ1n) is 6.25. The number of benzene rings is 2. The molecule has 0 aliphatic carbocycles. The number of methoxy groups -OCH3 is 1. The maximum atomic E-state index is 13.6. The second-order valence-electron chi connectivity index (χ2n) is 4.35. The Bertz CT molecular complexity index is 700. The van der Waals surface area contributed by atoms with Crippen LogP contribution >= 0.6 is 0 Å². The van der Waals surface area contributed by atoms with Crippen LogP contribution < -0.4 is 4.74 Å². The molecule has 0 radical (unpaired) electrons. The Hall–Kier alpha value is -2.96. The van der Waals surface area contributed by atoms with E-state index in [0.29, 0.717) is 11.1 Å². The van der Waals surface area contributed by atoms with Crippen molar-refractivity contribution in [2.24, 2.45) is 0 Å². The molecule has 0 aliphatic rings. The molecule has 2 aromatic rings. The number of halogens is 1. The Balaban J connectivity index is 2.04. The highest BCUT2D eigenvalue weighted by Crippen LogP contribution is 2.23. The third-order valence-corrected chi connectivity index (χ3v) is 2.90. The lowest BCUT2D eigenvalue weighted by molar-refractivity contribution is -0.385. The molecule has 0 atom stereocenters. The van der Waals surface area contributed by atoms with Crippen molar-refractivity contribution in [3.63, 3.8) is 0 Å². The van der Waals surface area contributed by atoms with Crippen molar-refractivity contribution in [2.45, 2.75) is 6.61 Å². The van der Waals surface area contributed by atoms with Crippen molar-refractivity contribution < 1.29 is 23.6 Å². The van der Waals surface area contributed by atoms with Gasteiger partial charge in [0.05, 0.1) is 23.7 Å². The highest BCUT2D eigenvalue weighted by Gasteiger charge is 2.12. The van der Waals surface area contributed by atoms with Gasteiger partial charge in [0, 0.05) is 6.07 Å². The molecule has 0 fully saturated rings. The molecule has 114 valence electrons. The van der Waals surface area contributed by atoms with Gasteiger partial charge in [-0.1, -0.05) is 12.1 Å². The van der Waals surface area contributed by atoms with Crippen LogP contribution in [0.2, 0.25) is 0 Å². The fourth-order valence-electron chi connectivity index (χ4n) is 1.74. The van der Waals surface area contributed by atoms with Crippen LogP contribution in [-0.2, 0) is 11.3 Å². The number of hydrogen-bond acceptors (Lipinski definition) is 5. The van der Waals surface area contributed by atoms with Crippen LogP contribution in [0, 0.1) is 15.9 Å². The highest BCUT2D eigenvalue weighted by molar-refractivity contribution is 5.89. The molecule has 0 saturated heterocycles. The number of nitrogens with zero attached hydrogens (tertiary/aromatic N) is 1. The molecule has 0 aromatic heterocycles. The lowest BCUT2D eigenvalue weighted by Gasteiger charge is -2.07. The molecule has 0 unspecified atom stereocenters. The van der Waals surface area contributed by atoms with Gasteiger partial charge in [-0.3, -0.25) is 10.1 Å². The normalized spacial score (nSPS) is 10.1. The van der Waals surface area contributed by atoms with Gasteiger partial charge in [-0.05, 0) is 23.8 Å².